The zero-order valence-corrected chi connectivity index (χ0v) is 20.5. The lowest BCUT2D eigenvalue weighted by Crippen LogP contribution is -2.18. The van der Waals surface area contributed by atoms with Crippen molar-refractivity contribution in [3.05, 3.63) is 138 Å². The molecular weight excluding hydrogens is 432 g/mol. The smallest absolute Gasteiger partial charge is 0.161 e. The zero-order valence-electron chi connectivity index (χ0n) is 20.5. The van der Waals surface area contributed by atoms with Crippen molar-refractivity contribution in [3.8, 4) is 11.5 Å². The Hall–Kier alpha value is -3.56. The van der Waals surface area contributed by atoms with Crippen LogP contribution in [0.3, 0.4) is 0 Å². The van der Waals surface area contributed by atoms with E-state index in [-0.39, 0.29) is 5.92 Å². The minimum Gasteiger partial charge on any atom is -0.493 e. The Labute approximate surface area is 209 Å². The first-order valence-electron chi connectivity index (χ1n) is 12.1. The van der Waals surface area contributed by atoms with Crippen LogP contribution in [0.4, 0.5) is 0 Å². The highest BCUT2D eigenvalue weighted by molar-refractivity contribution is 5.43. The van der Waals surface area contributed by atoms with Crippen LogP contribution in [0.25, 0.3) is 0 Å². The van der Waals surface area contributed by atoms with Crippen molar-refractivity contribution in [3.63, 3.8) is 0 Å². The van der Waals surface area contributed by atoms with Crippen LogP contribution in [0.2, 0.25) is 0 Å². The molecule has 4 rings (SSSR count). The summed E-state index contributed by atoms with van der Waals surface area (Å²) in [5.41, 5.74) is 4.79. The molecule has 3 nitrogen and oxygen atoms in total. The fourth-order valence-electron chi connectivity index (χ4n) is 4.13. The van der Waals surface area contributed by atoms with E-state index < -0.39 is 0 Å². The summed E-state index contributed by atoms with van der Waals surface area (Å²) in [6.07, 6.45) is 2.81. The van der Waals surface area contributed by atoms with Gasteiger partial charge in [-0.25, -0.2) is 0 Å². The van der Waals surface area contributed by atoms with Crippen LogP contribution >= 0.6 is 0 Å². The average molecular weight is 466 g/mol. The van der Waals surface area contributed by atoms with Crippen molar-refractivity contribution in [1.29, 1.82) is 0 Å². The summed E-state index contributed by atoms with van der Waals surface area (Å²) in [5.74, 6) is 1.74. The van der Waals surface area contributed by atoms with Gasteiger partial charge in [0.1, 0.15) is 6.61 Å². The van der Waals surface area contributed by atoms with Crippen molar-refractivity contribution < 1.29 is 14.2 Å². The third-order valence-corrected chi connectivity index (χ3v) is 6.16. The number of methoxy groups -OCH3 is 1. The molecule has 0 heterocycles. The van der Waals surface area contributed by atoms with E-state index in [0.29, 0.717) is 13.2 Å². The van der Waals surface area contributed by atoms with Gasteiger partial charge in [-0.1, -0.05) is 97.1 Å². The Morgan fingerprint density at radius 2 is 1.14 bits per heavy atom. The Bertz CT molecular complexity index is 1140. The zero-order chi connectivity index (χ0) is 24.3. The van der Waals surface area contributed by atoms with Gasteiger partial charge >= 0.3 is 0 Å². The lowest BCUT2D eigenvalue weighted by atomic mass is 9.88. The van der Waals surface area contributed by atoms with Crippen molar-refractivity contribution in [1.82, 2.24) is 0 Å². The molecule has 4 aromatic carbocycles. The van der Waals surface area contributed by atoms with Crippen molar-refractivity contribution >= 4 is 0 Å². The highest BCUT2D eigenvalue weighted by atomic mass is 16.5. The topological polar surface area (TPSA) is 27.7 Å². The maximum Gasteiger partial charge on any atom is 0.161 e. The molecule has 0 aliphatic heterocycles. The van der Waals surface area contributed by atoms with Gasteiger partial charge < -0.3 is 14.2 Å². The monoisotopic (exact) mass is 465 g/mol. The molecule has 0 aromatic heterocycles. The first-order chi connectivity index (χ1) is 17.2. The molecular formula is C32H33O3. The standard InChI is InChI=1S/C32H33O3/c1-25(34-23-27-14-8-4-9-15-27)30(20-26-12-6-3-7-13-26)21-29-18-19-31(32(22-29)33-2)35-24-28-16-10-5-11-17-28/h3-19,22,30H,20-21,23-24H2,1-2H3. The average Bonchev–Trinajstić information content (AvgIpc) is 2.92. The Morgan fingerprint density at radius 3 is 1.74 bits per heavy atom. The van der Waals surface area contributed by atoms with Crippen LogP contribution in [-0.4, -0.2) is 7.11 Å². The molecule has 1 unspecified atom stereocenters. The van der Waals surface area contributed by atoms with E-state index >= 15 is 0 Å². The molecule has 0 fully saturated rings. The molecule has 0 saturated heterocycles. The van der Waals surface area contributed by atoms with Gasteiger partial charge in [0.25, 0.3) is 0 Å². The van der Waals surface area contributed by atoms with E-state index in [0.717, 1.165) is 36.0 Å². The molecule has 0 aliphatic carbocycles. The summed E-state index contributed by atoms with van der Waals surface area (Å²) in [7, 11) is 1.69. The van der Waals surface area contributed by atoms with Crippen molar-refractivity contribution in [2.75, 3.05) is 7.11 Å². The van der Waals surface area contributed by atoms with Gasteiger partial charge in [-0.2, -0.15) is 0 Å². The van der Waals surface area contributed by atoms with Crippen LogP contribution in [0, 0.1) is 12.0 Å². The minimum absolute atomic E-state index is 0.238. The second-order valence-electron chi connectivity index (χ2n) is 8.74. The second-order valence-corrected chi connectivity index (χ2v) is 8.74. The first-order valence-corrected chi connectivity index (χ1v) is 12.1. The third-order valence-electron chi connectivity index (χ3n) is 6.16. The highest BCUT2D eigenvalue weighted by Gasteiger charge is 2.21. The fourth-order valence-corrected chi connectivity index (χ4v) is 4.13. The minimum atomic E-state index is 0.238. The number of hydrogen-bond acceptors (Lipinski definition) is 3. The molecule has 1 radical (unpaired) electrons. The van der Waals surface area contributed by atoms with Gasteiger partial charge in [-0.05, 0) is 60.1 Å². The summed E-state index contributed by atoms with van der Waals surface area (Å²) >= 11 is 0. The Morgan fingerprint density at radius 1 is 0.600 bits per heavy atom. The predicted octanol–water partition coefficient (Wildman–Crippen LogP) is 7.44. The lowest BCUT2D eigenvalue weighted by molar-refractivity contribution is 0.0980. The van der Waals surface area contributed by atoms with Gasteiger partial charge in [0.15, 0.2) is 11.5 Å². The molecule has 0 spiro atoms. The first kappa shape index (κ1) is 24.6. The number of hydrogen-bond donors (Lipinski definition) is 0. The van der Waals surface area contributed by atoms with E-state index in [1.54, 1.807) is 7.11 Å². The maximum atomic E-state index is 6.26. The SMILES string of the molecule is COc1cc(CC(Cc2ccccc2)[C](C)OCc2ccccc2)ccc1OCc1ccccc1. The normalized spacial score (nSPS) is 11.9. The third kappa shape index (κ3) is 7.46. The van der Waals surface area contributed by atoms with E-state index in [4.69, 9.17) is 14.2 Å². The molecule has 35 heavy (non-hydrogen) atoms. The molecule has 0 aliphatic rings. The van der Waals surface area contributed by atoms with Crippen LogP contribution in [0.1, 0.15) is 29.2 Å². The lowest BCUT2D eigenvalue weighted by Gasteiger charge is -2.24. The van der Waals surface area contributed by atoms with E-state index in [1.165, 1.54) is 16.7 Å². The summed E-state index contributed by atoms with van der Waals surface area (Å²) in [6.45, 7) is 3.19. The predicted molar refractivity (Wildman–Crippen MR) is 141 cm³/mol. The second kappa shape index (κ2) is 12.8. The summed E-state index contributed by atoms with van der Waals surface area (Å²) in [4.78, 5) is 0. The van der Waals surface area contributed by atoms with Crippen LogP contribution in [0.15, 0.2) is 109 Å². The van der Waals surface area contributed by atoms with Crippen LogP contribution < -0.4 is 9.47 Å². The van der Waals surface area contributed by atoms with Crippen molar-refractivity contribution in [2.45, 2.75) is 33.0 Å². The molecule has 179 valence electrons. The highest BCUT2D eigenvalue weighted by Crippen LogP contribution is 2.32. The Kier molecular flexibility index (Phi) is 8.97. The van der Waals surface area contributed by atoms with Gasteiger partial charge in [0.05, 0.1) is 19.8 Å². The number of ether oxygens (including phenoxy) is 3. The van der Waals surface area contributed by atoms with Gasteiger partial charge in [-0.3, -0.25) is 0 Å². The van der Waals surface area contributed by atoms with Crippen molar-refractivity contribution in [2.24, 2.45) is 5.92 Å². The molecule has 4 aromatic rings. The summed E-state index contributed by atoms with van der Waals surface area (Å²) in [6, 6.07) is 37.3. The van der Waals surface area contributed by atoms with Gasteiger partial charge in [0.2, 0.25) is 0 Å². The van der Waals surface area contributed by atoms with Crippen LogP contribution in [-0.2, 0) is 30.8 Å². The molecule has 3 heteroatoms. The molecule has 0 saturated carbocycles. The largest absolute Gasteiger partial charge is 0.493 e. The van der Waals surface area contributed by atoms with Gasteiger partial charge in [0, 0.05) is 0 Å². The van der Waals surface area contributed by atoms with Crippen LogP contribution in [0.5, 0.6) is 11.5 Å². The molecule has 1 atom stereocenters. The summed E-state index contributed by atoms with van der Waals surface area (Å²) < 4.78 is 18.0. The quantitative estimate of drug-likeness (QED) is 0.218. The van der Waals surface area contributed by atoms with E-state index in [9.17, 15) is 0 Å². The number of benzene rings is 4. The van der Waals surface area contributed by atoms with Gasteiger partial charge in [-0.15, -0.1) is 0 Å². The molecule has 0 N–H and O–H groups in total. The molecule has 0 bridgehead atoms. The maximum absolute atomic E-state index is 6.26. The number of rotatable bonds is 12. The fraction of sp³-hybridized carbons (Fsp3) is 0.219. The van der Waals surface area contributed by atoms with E-state index in [2.05, 4.69) is 73.7 Å². The summed E-state index contributed by atoms with van der Waals surface area (Å²) in [5, 5.41) is 0. The Balaban J connectivity index is 1.46. The molecule has 0 amide bonds. The van der Waals surface area contributed by atoms with E-state index in [1.807, 2.05) is 42.5 Å².